The molecule has 0 radical (unpaired) electrons. The maximum atomic E-state index is 11.3. The van der Waals surface area contributed by atoms with E-state index < -0.39 is 11.9 Å². The molecule has 1 aliphatic heterocycles. The van der Waals surface area contributed by atoms with E-state index in [4.69, 9.17) is 14.2 Å². The first-order valence-electron chi connectivity index (χ1n) is 4.48. The summed E-state index contributed by atoms with van der Waals surface area (Å²) in [4.78, 5) is 11.3. The molecule has 1 aliphatic rings. The lowest BCUT2D eigenvalue weighted by molar-refractivity contribution is -0.169. The molecular formula is C9H16O4. The van der Waals surface area contributed by atoms with E-state index in [2.05, 4.69) is 0 Å². The van der Waals surface area contributed by atoms with Gasteiger partial charge in [0.05, 0.1) is 12.7 Å². The minimum absolute atomic E-state index is 0.242. The van der Waals surface area contributed by atoms with Gasteiger partial charge >= 0.3 is 5.97 Å². The topological polar surface area (TPSA) is 44.8 Å². The smallest absolute Gasteiger partial charge is 0.338 e. The van der Waals surface area contributed by atoms with Gasteiger partial charge < -0.3 is 14.2 Å². The van der Waals surface area contributed by atoms with Gasteiger partial charge in [-0.25, -0.2) is 4.79 Å². The van der Waals surface area contributed by atoms with Crippen LogP contribution in [0.1, 0.15) is 27.7 Å². The molecule has 0 unspecified atom stereocenters. The fraction of sp³-hybridized carbons (Fsp3) is 0.889. The van der Waals surface area contributed by atoms with Crippen molar-refractivity contribution in [2.75, 3.05) is 6.61 Å². The van der Waals surface area contributed by atoms with E-state index in [9.17, 15) is 4.79 Å². The number of hydrogen-bond donors (Lipinski definition) is 0. The zero-order valence-electron chi connectivity index (χ0n) is 8.49. The van der Waals surface area contributed by atoms with Crippen molar-refractivity contribution in [2.24, 2.45) is 0 Å². The van der Waals surface area contributed by atoms with Crippen molar-refractivity contribution < 1.29 is 19.0 Å². The van der Waals surface area contributed by atoms with E-state index in [-0.39, 0.29) is 12.1 Å². The monoisotopic (exact) mass is 188 g/mol. The molecule has 0 saturated carbocycles. The minimum Gasteiger partial charge on any atom is -0.464 e. The summed E-state index contributed by atoms with van der Waals surface area (Å²) in [5.41, 5.74) is 0. The third-order valence-electron chi connectivity index (χ3n) is 1.83. The van der Waals surface area contributed by atoms with Crippen molar-refractivity contribution in [2.45, 2.75) is 45.7 Å². The first-order valence-corrected chi connectivity index (χ1v) is 4.48. The highest BCUT2D eigenvalue weighted by Crippen LogP contribution is 2.28. The Hall–Kier alpha value is -0.610. The lowest BCUT2D eigenvalue weighted by Crippen LogP contribution is -2.31. The first-order chi connectivity index (χ1) is 5.96. The molecule has 1 saturated heterocycles. The third kappa shape index (κ3) is 2.42. The van der Waals surface area contributed by atoms with Crippen LogP contribution in [-0.4, -0.2) is 30.6 Å². The normalized spacial score (nSPS) is 31.7. The summed E-state index contributed by atoms with van der Waals surface area (Å²) in [5.74, 6) is -1.03. The van der Waals surface area contributed by atoms with Gasteiger partial charge in [-0.15, -0.1) is 0 Å². The Morgan fingerprint density at radius 1 is 1.46 bits per heavy atom. The second kappa shape index (κ2) is 3.64. The summed E-state index contributed by atoms with van der Waals surface area (Å²) in [6.45, 7) is 7.50. The van der Waals surface area contributed by atoms with Crippen LogP contribution in [0.25, 0.3) is 0 Å². The van der Waals surface area contributed by atoms with E-state index in [0.717, 1.165) is 0 Å². The fourth-order valence-electron chi connectivity index (χ4n) is 1.40. The van der Waals surface area contributed by atoms with Crippen molar-refractivity contribution in [1.29, 1.82) is 0 Å². The molecule has 1 rings (SSSR count). The van der Waals surface area contributed by atoms with Gasteiger partial charge in [-0.05, 0) is 27.7 Å². The van der Waals surface area contributed by atoms with Crippen LogP contribution in [0.5, 0.6) is 0 Å². The van der Waals surface area contributed by atoms with Crippen LogP contribution in [0.4, 0.5) is 0 Å². The Morgan fingerprint density at radius 2 is 2.08 bits per heavy atom. The molecule has 0 aromatic heterocycles. The van der Waals surface area contributed by atoms with Gasteiger partial charge in [0, 0.05) is 0 Å². The van der Waals surface area contributed by atoms with E-state index in [1.54, 1.807) is 27.7 Å². The molecule has 1 fully saturated rings. The van der Waals surface area contributed by atoms with Gasteiger partial charge in [0.15, 0.2) is 11.9 Å². The number of hydrogen-bond acceptors (Lipinski definition) is 4. The van der Waals surface area contributed by atoms with Crippen LogP contribution >= 0.6 is 0 Å². The van der Waals surface area contributed by atoms with Gasteiger partial charge in [-0.1, -0.05) is 0 Å². The molecule has 76 valence electrons. The minimum atomic E-state index is -0.684. The van der Waals surface area contributed by atoms with Gasteiger partial charge in [-0.2, -0.15) is 0 Å². The Kier molecular flexibility index (Phi) is 2.93. The zero-order valence-corrected chi connectivity index (χ0v) is 8.49. The summed E-state index contributed by atoms with van der Waals surface area (Å²) in [6, 6.07) is 0. The molecule has 2 atom stereocenters. The molecular weight excluding hydrogens is 172 g/mol. The van der Waals surface area contributed by atoms with E-state index in [0.29, 0.717) is 6.61 Å². The lowest BCUT2D eigenvalue weighted by Gasteiger charge is -2.16. The lowest BCUT2D eigenvalue weighted by atomic mass is 10.2. The second-order valence-electron chi connectivity index (χ2n) is 3.51. The third-order valence-corrected chi connectivity index (χ3v) is 1.83. The maximum Gasteiger partial charge on any atom is 0.338 e. The highest BCUT2D eigenvalue weighted by Gasteiger charge is 2.43. The van der Waals surface area contributed by atoms with Gasteiger partial charge in [0.25, 0.3) is 0 Å². The Balaban J connectivity index is 2.57. The molecule has 0 spiro atoms. The number of carbonyl (C=O) groups excluding carboxylic acids is 1. The second-order valence-corrected chi connectivity index (χ2v) is 3.51. The quantitative estimate of drug-likeness (QED) is 0.608. The molecule has 4 heteroatoms. The standard InChI is InChI=1S/C9H16O4/c1-5-11-8(10)7-6(2)12-9(3,4)13-7/h6-7H,5H2,1-4H3/t6-,7-/m0/s1. The summed E-state index contributed by atoms with van der Waals surface area (Å²) in [6.07, 6.45) is -0.830. The van der Waals surface area contributed by atoms with Gasteiger partial charge in [-0.3, -0.25) is 0 Å². The van der Waals surface area contributed by atoms with Gasteiger partial charge in [0.1, 0.15) is 0 Å². The van der Waals surface area contributed by atoms with Crippen molar-refractivity contribution in [3.05, 3.63) is 0 Å². The number of ether oxygens (including phenoxy) is 3. The maximum absolute atomic E-state index is 11.3. The van der Waals surface area contributed by atoms with Crippen molar-refractivity contribution >= 4 is 5.97 Å². The van der Waals surface area contributed by atoms with Crippen LogP contribution in [0.2, 0.25) is 0 Å². The van der Waals surface area contributed by atoms with E-state index in [1.165, 1.54) is 0 Å². The van der Waals surface area contributed by atoms with Crippen LogP contribution < -0.4 is 0 Å². The molecule has 0 aliphatic carbocycles. The first kappa shape index (κ1) is 10.5. The molecule has 0 amide bonds. The highest BCUT2D eigenvalue weighted by molar-refractivity contribution is 5.75. The average Bonchev–Trinajstić information content (AvgIpc) is 2.25. The SMILES string of the molecule is CCOC(=O)[C@H]1OC(C)(C)O[C@H]1C. The van der Waals surface area contributed by atoms with Crippen LogP contribution in [-0.2, 0) is 19.0 Å². The molecule has 1 heterocycles. The summed E-state index contributed by atoms with van der Waals surface area (Å²) < 4.78 is 15.6. The van der Waals surface area contributed by atoms with Gasteiger partial charge in [0.2, 0.25) is 0 Å². The predicted octanol–water partition coefficient (Wildman–Crippen LogP) is 1.09. The van der Waals surface area contributed by atoms with E-state index >= 15 is 0 Å². The zero-order chi connectivity index (χ0) is 10.1. The van der Waals surface area contributed by atoms with E-state index in [1.807, 2.05) is 0 Å². The molecule has 0 aromatic rings. The summed E-state index contributed by atoms with van der Waals surface area (Å²) >= 11 is 0. The molecule has 0 bridgehead atoms. The predicted molar refractivity (Wildman–Crippen MR) is 46.1 cm³/mol. The van der Waals surface area contributed by atoms with Crippen molar-refractivity contribution in [1.82, 2.24) is 0 Å². The Bertz CT molecular complexity index is 200. The fourth-order valence-corrected chi connectivity index (χ4v) is 1.40. The Morgan fingerprint density at radius 3 is 2.46 bits per heavy atom. The number of esters is 1. The van der Waals surface area contributed by atoms with Crippen LogP contribution in [0.3, 0.4) is 0 Å². The molecule has 0 aromatic carbocycles. The van der Waals surface area contributed by atoms with Crippen molar-refractivity contribution in [3.63, 3.8) is 0 Å². The Labute approximate surface area is 78.2 Å². The average molecular weight is 188 g/mol. The van der Waals surface area contributed by atoms with Crippen LogP contribution in [0, 0.1) is 0 Å². The largest absolute Gasteiger partial charge is 0.464 e. The number of rotatable bonds is 2. The molecule has 4 nitrogen and oxygen atoms in total. The summed E-state index contributed by atoms with van der Waals surface area (Å²) in [7, 11) is 0. The highest BCUT2D eigenvalue weighted by atomic mass is 16.8. The molecule has 13 heavy (non-hydrogen) atoms. The molecule has 0 N–H and O–H groups in total. The number of carbonyl (C=O) groups is 1. The van der Waals surface area contributed by atoms with Crippen molar-refractivity contribution in [3.8, 4) is 0 Å². The van der Waals surface area contributed by atoms with Crippen LogP contribution in [0.15, 0.2) is 0 Å². The summed E-state index contributed by atoms with van der Waals surface area (Å²) in [5, 5.41) is 0.